The monoisotopic (exact) mass is 342 g/mol. The number of amides is 1. The van der Waals surface area contributed by atoms with Gasteiger partial charge in [-0.3, -0.25) is 4.79 Å². The Morgan fingerprint density at radius 3 is 2.43 bits per heavy atom. The predicted molar refractivity (Wildman–Crippen MR) is 84.6 cm³/mol. The maximum Gasteiger partial charge on any atom is 0.271 e. The Morgan fingerprint density at radius 2 is 1.81 bits per heavy atom. The van der Waals surface area contributed by atoms with Crippen LogP contribution >= 0.6 is 34.8 Å². The Bertz CT molecular complexity index is 694. The molecule has 2 aromatic rings. The number of hydrogen-bond acceptors (Lipinski definition) is 3. The van der Waals surface area contributed by atoms with Gasteiger partial charge in [0.1, 0.15) is 0 Å². The Kier molecular flexibility index (Phi) is 5.07. The van der Waals surface area contributed by atoms with Crippen molar-refractivity contribution in [3.05, 3.63) is 62.6 Å². The SMILES string of the molecule is O=C(N/N=C\c1cc(Cl)c(O)c(Cl)c1)c1cccc(Cl)c1. The summed E-state index contributed by atoms with van der Waals surface area (Å²) in [6.07, 6.45) is 1.36. The molecule has 0 aliphatic heterocycles. The molecule has 0 aliphatic rings. The summed E-state index contributed by atoms with van der Waals surface area (Å²) in [5.41, 5.74) is 3.28. The van der Waals surface area contributed by atoms with Crippen LogP contribution < -0.4 is 5.43 Å². The summed E-state index contributed by atoms with van der Waals surface area (Å²) >= 11 is 17.3. The second kappa shape index (κ2) is 6.80. The number of hydrazone groups is 1. The smallest absolute Gasteiger partial charge is 0.271 e. The molecular formula is C14H9Cl3N2O2. The highest BCUT2D eigenvalue weighted by Gasteiger charge is 2.06. The van der Waals surface area contributed by atoms with Gasteiger partial charge in [-0.15, -0.1) is 0 Å². The molecule has 0 bridgehead atoms. The van der Waals surface area contributed by atoms with Gasteiger partial charge < -0.3 is 5.11 Å². The molecular weight excluding hydrogens is 335 g/mol. The molecule has 0 saturated heterocycles. The van der Waals surface area contributed by atoms with E-state index >= 15 is 0 Å². The van der Waals surface area contributed by atoms with E-state index in [4.69, 9.17) is 34.8 Å². The molecule has 0 heterocycles. The maximum atomic E-state index is 11.8. The van der Waals surface area contributed by atoms with Crippen LogP contribution in [0.1, 0.15) is 15.9 Å². The van der Waals surface area contributed by atoms with E-state index in [-0.39, 0.29) is 15.8 Å². The molecule has 0 aromatic heterocycles. The summed E-state index contributed by atoms with van der Waals surface area (Å²) in [6.45, 7) is 0. The van der Waals surface area contributed by atoms with Crippen molar-refractivity contribution < 1.29 is 9.90 Å². The minimum absolute atomic E-state index is 0.102. The van der Waals surface area contributed by atoms with Crippen LogP contribution in [0.2, 0.25) is 15.1 Å². The molecule has 21 heavy (non-hydrogen) atoms. The zero-order chi connectivity index (χ0) is 15.4. The molecule has 0 unspecified atom stereocenters. The van der Waals surface area contributed by atoms with Gasteiger partial charge in [0.2, 0.25) is 0 Å². The largest absolute Gasteiger partial charge is 0.505 e. The fourth-order valence-corrected chi connectivity index (χ4v) is 2.21. The van der Waals surface area contributed by atoms with Crippen LogP contribution in [0.5, 0.6) is 5.75 Å². The summed E-state index contributed by atoms with van der Waals surface area (Å²) in [6, 6.07) is 9.42. The molecule has 0 spiro atoms. The topological polar surface area (TPSA) is 61.7 Å². The maximum absolute atomic E-state index is 11.8. The number of phenols is 1. The van der Waals surface area contributed by atoms with Crippen molar-refractivity contribution in [2.75, 3.05) is 0 Å². The number of phenolic OH excluding ortho intramolecular Hbond substituents is 1. The van der Waals surface area contributed by atoms with E-state index in [9.17, 15) is 9.90 Å². The molecule has 2 aromatic carbocycles. The Balaban J connectivity index is 2.07. The minimum atomic E-state index is -0.398. The molecule has 0 atom stereocenters. The van der Waals surface area contributed by atoms with Crippen molar-refractivity contribution in [3.8, 4) is 5.75 Å². The van der Waals surface area contributed by atoms with Gasteiger partial charge in [-0.2, -0.15) is 5.10 Å². The van der Waals surface area contributed by atoms with Crippen molar-refractivity contribution >= 4 is 46.9 Å². The van der Waals surface area contributed by atoms with Crippen LogP contribution in [0.3, 0.4) is 0 Å². The standard InChI is InChI=1S/C14H9Cl3N2O2/c15-10-3-1-2-9(6-10)14(21)19-18-7-8-4-11(16)13(20)12(17)5-8/h1-7,20H,(H,19,21)/b18-7-. The summed E-state index contributed by atoms with van der Waals surface area (Å²) < 4.78 is 0. The third-order valence-electron chi connectivity index (χ3n) is 2.51. The molecule has 2 N–H and O–H groups in total. The summed E-state index contributed by atoms with van der Waals surface area (Å²) in [4.78, 5) is 11.8. The molecule has 1 amide bonds. The first-order valence-corrected chi connectivity index (χ1v) is 6.88. The lowest BCUT2D eigenvalue weighted by Crippen LogP contribution is -2.17. The highest BCUT2D eigenvalue weighted by atomic mass is 35.5. The van der Waals surface area contributed by atoms with Gasteiger partial charge in [-0.05, 0) is 35.9 Å². The number of aromatic hydroxyl groups is 1. The minimum Gasteiger partial charge on any atom is -0.505 e. The van der Waals surface area contributed by atoms with E-state index in [0.29, 0.717) is 16.1 Å². The van der Waals surface area contributed by atoms with Crippen molar-refractivity contribution in [1.29, 1.82) is 0 Å². The highest BCUT2D eigenvalue weighted by molar-refractivity contribution is 6.37. The Hall–Kier alpha value is -1.75. The third kappa shape index (κ3) is 4.11. The van der Waals surface area contributed by atoms with Gasteiger partial charge >= 0.3 is 0 Å². The molecule has 4 nitrogen and oxygen atoms in total. The third-order valence-corrected chi connectivity index (χ3v) is 3.32. The van der Waals surface area contributed by atoms with Gasteiger partial charge in [0.05, 0.1) is 16.3 Å². The van der Waals surface area contributed by atoms with Crippen molar-refractivity contribution in [1.82, 2.24) is 5.43 Å². The van der Waals surface area contributed by atoms with E-state index in [1.165, 1.54) is 24.4 Å². The number of rotatable bonds is 3. The summed E-state index contributed by atoms with van der Waals surface area (Å²) in [5, 5.41) is 13.9. The van der Waals surface area contributed by atoms with Crippen LogP contribution in [0.4, 0.5) is 0 Å². The Morgan fingerprint density at radius 1 is 1.14 bits per heavy atom. The normalized spacial score (nSPS) is 10.8. The highest BCUT2D eigenvalue weighted by Crippen LogP contribution is 2.32. The van der Waals surface area contributed by atoms with Crippen LogP contribution in [0, 0.1) is 0 Å². The van der Waals surface area contributed by atoms with E-state index < -0.39 is 5.91 Å². The number of halogens is 3. The van der Waals surface area contributed by atoms with E-state index in [1.807, 2.05) is 0 Å². The van der Waals surface area contributed by atoms with E-state index in [2.05, 4.69) is 10.5 Å². The summed E-state index contributed by atoms with van der Waals surface area (Å²) in [7, 11) is 0. The van der Waals surface area contributed by atoms with Gasteiger partial charge in [0.15, 0.2) is 5.75 Å². The zero-order valence-electron chi connectivity index (χ0n) is 10.5. The fourth-order valence-electron chi connectivity index (χ4n) is 1.52. The van der Waals surface area contributed by atoms with Crippen LogP contribution in [0.25, 0.3) is 0 Å². The second-order valence-corrected chi connectivity index (χ2v) is 5.29. The zero-order valence-corrected chi connectivity index (χ0v) is 12.7. The van der Waals surface area contributed by atoms with Gasteiger partial charge in [-0.25, -0.2) is 5.43 Å². The Labute approximate surface area is 135 Å². The van der Waals surface area contributed by atoms with Crippen molar-refractivity contribution in [2.24, 2.45) is 5.10 Å². The molecule has 0 fully saturated rings. The molecule has 0 radical (unpaired) electrons. The molecule has 0 saturated carbocycles. The first-order valence-electron chi connectivity index (χ1n) is 5.74. The number of nitrogens with one attached hydrogen (secondary N) is 1. The molecule has 108 valence electrons. The van der Waals surface area contributed by atoms with Crippen LogP contribution in [-0.4, -0.2) is 17.2 Å². The average Bonchev–Trinajstić information content (AvgIpc) is 2.44. The van der Waals surface area contributed by atoms with E-state index in [1.54, 1.807) is 18.2 Å². The fraction of sp³-hybridized carbons (Fsp3) is 0. The number of benzene rings is 2. The van der Waals surface area contributed by atoms with E-state index in [0.717, 1.165) is 0 Å². The van der Waals surface area contributed by atoms with Crippen molar-refractivity contribution in [2.45, 2.75) is 0 Å². The quantitative estimate of drug-likeness (QED) is 0.650. The van der Waals surface area contributed by atoms with Gasteiger partial charge in [-0.1, -0.05) is 40.9 Å². The molecule has 2 rings (SSSR count). The van der Waals surface area contributed by atoms with Crippen molar-refractivity contribution in [3.63, 3.8) is 0 Å². The number of nitrogens with zero attached hydrogens (tertiary/aromatic N) is 1. The lowest BCUT2D eigenvalue weighted by Gasteiger charge is -2.02. The number of carbonyl (C=O) groups excluding carboxylic acids is 1. The first-order chi connectivity index (χ1) is 9.97. The molecule has 7 heteroatoms. The van der Waals surface area contributed by atoms with Crippen LogP contribution in [0.15, 0.2) is 41.5 Å². The van der Waals surface area contributed by atoms with Crippen LogP contribution in [-0.2, 0) is 0 Å². The number of carbonyl (C=O) groups is 1. The van der Waals surface area contributed by atoms with Gasteiger partial charge in [0.25, 0.3) is 5.91 Å². The average molecular weight is 344 g/mol. The lowest BCUT2D eigenvalue weighted by molar-refractivity contribution is 0.0955. The lowest BCUT2D eigenvalue weighted by atomic mass is 10.2. The number of hydrogen-bond donors (Lipinski definition) is 2. The molecule has 0 aliphatic carbocycles. The second-order valence-electron chi connectivity index (χ2n) is 4.04. The summed E-state index contributed by atoms with van der Waals surface area (Å²) in [5.74, 6) is -0.594. The van der Waals surface area contributed by atoms with Gasteiger partial charge in [0, 0.05) is 10.6 Å². The first kappa shape index (κ1) is 15.6. The predicted octanol–water partition coefficient (Wildman–Crippen LogP) is 4.12.